The van der Waals surface area contributed by atoms with Gasteiger partial charge in [0.15, 0.2) is 0 Å². The molecule has 150 valence electrons. The maximum atomic E-state index is 12.7. The first-order valence-electron chi connectivity index (χ1n) is 7.92. The van der Waals surface area contributed by atoms with Crippen molar-refractivity contribution in [3.05, 3.63) is 62.1 Å². The monoisotopic (exact) mass is 445 g/mol. The Kier molecular flexibility index (Phi) is 6.53. The van der Waals surface area contributed by atoms with E-state index in [1.54, 1.807) is 0 Å². The molecule has 2 aromatic rings. The van der Waals surface area contributed by atoms with E-state index in [9.17, 15) is 23.3 Å². The van der Waals surface area contributed by atoms with Crippen molar-refractivity contribution in [2.45, 2.75) is 19.9 Å². The zero-order chi connectivity index (χ0) is 21.2. The molecule has 0 fully saturated rings. The van der Waals surface area contributed by atoms with Crippen LogP contribution < -0.4 is 9.62 Å². The van der Waals surface area contributed by atoms with Crippen LogP contribution in [0.5, 0.6) is 0 Å². The fraction of sp³-hybridized carbons (Fsp3) is 0.235. The largest absolute Gasteiger partial charge is 0.324 e. The average Bonchev–Trinajstić information content (AvgIpc) is 2.58. The Hall–Kier alpha value is -2.36. The van der Waals surface area contributed by atoms with Gasteiger partial charge in [0, 0.05) is 6.07 Å². The van der Waals surface area contributed by atoms with Crippen molar-refractivity contribution in [3.63, 3.8) is 0 Å². The maximum Gasteiger partial charge on any atom is 0.274 e. The molecule has 0 aliphatic heterocycles. The van der Waals surface area contributed by atoms with Gasteiger partial charge in [-0.1, -0.05) is 29.3 Å². The van der Waals surface area contributed by atoms with Gasteiger partial charge in [0.25, 0.3) is 5.69 Å². The van der Waals surface area contributed by atoms with Crippen LogP contribution in [0.3, 0.4) is 0 Å². The zero-order valence-electron chi connectivity index (χ0n) is 15.1. The van der Waals surface area contributed by atoms with Crippen LogP contribution in [0.4, 0.5) is 17.1 Å². The van der Waals surface area contributed by atoms with Crippen molar-refractivity contribution in [2.24, 2.45) is 0 Å². The van der Waals surface area contributed by atoms with Crippen molar-refractivity contribution in [1.29, 1.82) is 0 Å². The Labute approximate surface area is 172 Å². The fourth-order valence-electron chi connectivity index (χ4n) is 2.62. The van der Waals surface area contributed by atoms with Crippen LogP contribution >= 0.6 is 23.2 Å². The first kappa shape index (κ1) is 21.9. The van der Waals surface area contributed by atoms with E-state index in [2.05, 4.69) is 5.32 Å². The molecule has 28 heavy (non-hydrogen) atoms. The number of halogens is 2. The first-order valence-corrected chi connectivity index (χ1v) is 10.5. The molecule has 8 nitrogen and oxygen atoms in total. The molecule has 0 saturated heterocycles. The molecule has 11 heteroatoms. The van der Waals surface area contributed by atoms with Crippen LogP contribution in [-0.4, -0.2) is 31.5 Å². The van der Waals surface area contributed by atoms with Gasteiger partial charge in [0.2, 0.25) is 15.9 Å². The summed E-state index contributed by atoms with van der Waals surface area (Å²) in [7, 11) is -3.85. The number of anilines is 2. The number of hydrogen-bond donors (Lipinski definition) is 1. The van der Waals surface area contributed by atoms with Crippen LogP contribution in [0.15, 0.2) is 36.4 Å². The summed E-state index contributed by atoms with van der Waals surface area (Å²) >= 11 is 11.8. The smallest absolute Gasteiger partial charge is 0.274 e. The Morgan fingerprint density at radius 2 is 1.86 bits per heavy atom. The lowest BCUT2D eigenvalue weighted by molar-refractivity contribution is -0.385. The number of carbonyl (C=O) groups excluding carboxylic acids is 1. The standard InChI is InChI=1S/C17H17Cl2N3O5S/c1-10-15(5-4-6-16(10)22(24)25)20-17(23)11(2)21(28(3,26)27)12-7-8-13(18)14(19)9-12/h4-9,11H,1-3H3,(H,20,23). The van der Waals surface area contributed by atoms with E-state index in [1.807, 2.05) is 0 Å². The molecule has 0 radical (unpaired) electrons. The number of carbonyl (C=O) groups is 1. The maximum absolute atomic E-state index is 12.7. The van der Waals surface area contributed by atoms with Crippen molar-refractivity contribution in [2.75, 3.05) is 15.9 Å². The summed E-state index contributed by atoms with van der Waals surface area (Å²) < 4.78 is 25.5. The van der Waals surface area contributed by atoms with Gasteiger partial charge in [-0.05, 0) is 38.1 Å². The second kappa shape index (κ2) is 8.34. The van der Waals surface area contributed by atoms with Gasteiger partial charge in [-0.2, -0.15) is 0 Å². The van der Waals surface area contributed by atoms with E-state index in [0.29, 0.717) is 0 Å². The van der Waals surface area contributed by atoms with Crippen LogP contribution in [0.1, 0.15) is 12.5 Å². The van der Waals surface area contributed by atoms with E-state index >= 15 is 0 Å². The Morgan fingerprint density at radius 1 is 1.21 bits per heavy atom. The molecule has 0 aliphatic rings. The van der Waals surface area contributed by atoms with E-state index in [4.69, 9.17) is 23.2 Å². The number of hydrogen-bond acceptors (Lipinski definition) is 5. The number of rotatable bonds is 6. The summed E-state index contributed by atoms with van der Waals surface area (Å²) in [5, 5.41) is 14.0. The molecule has 2 rings (SSSR count). The number of nitrogens with zero attached hydrogens (tertiary/aromatic N) is 2. The highest BCUT2D eigenvalue weighted by molar-refractivity contribution is 7.92. The average molecular weight is 446 g/mol. The lowest BCUT2D eigenvalue weighted by Crippen LogP contribution is -2.45. The van der Waals surface area contributed by atoms with Gasteiger partial charge in [0.1, 0.15) is 6.04 Å². The number of nitro benzene ring substituents is 1. The molecule has 1 N–H and O–H groups in total. The summed E-state index contributed by atoms with van der Waals surface area (Å²) in [5.41, 5.74) is 0.479. The minimum absolute atomic E-state index is 0.134. The Bertz CT molecular complexity index is 1040. The van der Waals surface area contributed by atoms with Crippen LogP contribution in [0.2, 0.25) is 10.0 Å². The number of amides is 1. The predicted molar refractivity (Wildman–Crippen MR) is 110 cm³/mol. The molecular weight excluding hydrogens is 429 g/mol. The minimum atomic E-state index is -3.85. The SMILES string of the molecule is Cc1c(NC(=O)C(C)N(c2ccc(Cl)c(Cl)c2)S(C)(=O)=O)cccc1[N+](=O)[O-]. The third kappa shape index (κ3) is 4.73. The summed E-state index contributed by atoms with van der Waals surface area (Å²) in [6.45, 7) is 2.89. The van der Waals surface area contributed by atoms with E-state index in [-0.39, 0.29) is 32.7 Å². The molecule has 0 heterocycles. The van der Waals surface area contributed by atoms with Gasteiger partial charge in [-0.25, -0.2) is 8.42 Å². The molecule has 0 aliphatic carbocycles. The second-order valence-electron chi connectivity index (χ2n) is 6.03. The Morgan fingerprint density at radius 3 is 2.39 bits per heavy atom. The highest BCUT2D eigenvalue weighted by atomic mass is 35.5. The summed E-state index contributed by atoms with van der Waals surface area (Å²) in [4.78, 5) is 23.2. The molecule has 0 bridgehead atoms. The first-order chi connectivity index (χ1) is 12.9. The van der Waals surface area contributed by atoms with Crippen molar-refractivity contribution >= 4 is 56.2 Å². The topological polar surface area (TPSA) is 110 Å². The van der Waals surface area contributed by atoms with E-state index in [1.165, 1.54) is 50.2 Å². The molecule has 0 saturated carbocycles. The molecular formula is C17H17Cl2N3O5S. The van der Waals surface area contributed by atoms with E-state index < -0.39 is 26.9 Å². The van der Waals surface area contributed by atoms with Crippen molar-refractivity contribution in [3.8, 4) is 0 Å². The van der Waals surface area contributed by atoms with Crippen LogP contribution in [0.25, 0.3) is 0 Å². The summed E-state index contributed by atoms with van der Waals surface area (Å²) in [6.07, 6.45) is 0.956. The number of nitro groups is 1. The quantitative estimate of drug-likeness (QED) is 0.533. The molecule has 1 atom stereocenters. The van der Waals surface area contributed by atoms with Gasteiger partial charge >= 0.3 is 0 Å². The highest BCUT2D eigenvalue weighted by Crippen LogP contribution is 2.30. The normalized spacial score (nSPS) is 12.3. The summed E-state index contributed by atoms with van der Waals surface area (Å²) in [6, 6.07) is 7.27. The van der Waals surface area contributed by atoms with Gasteiger partial charge < -0.3 is 5.32 Å². The minimum Gasteiger partial charge on any atom is -0.324 e. The zero-order valence-corrected chi connectivity index (χ0v) is 17.5. The fourth-order valence-corrected chi connectivity index (χ4v) is 4.08. The van der Waals surface area contributed by atoms with Crippen LogP contribution in [0, 0.1) is 17.0 Å². The van der Waals surface area contributed by atoms with Gasteiger partial charge in [0.05, 0.1) is 38.2 Å². The van der Waals surface area contributed by atoms with E-state index in [0.717, 1.165) is 10.6 Å². The predicted octanol–water partition coefficient (Wildman–Crippen LogP) is 4.00. The van der Waals surface area contributed by atoms with Crippen molar-refractivity contribution < 1.29 is 18.1 Å². The number of sulfonamides is 1. The molecule has 1 unspecified atom stereocenters. The third-order valence-electron chi connectivity index (χ3n) is 4.01. The molecule has 1 amide bonds. The Balaban J connectivity index is 2.39. The second-order valence-corrected chi connectivity index (χ2v) is 8.70. The molecule has 0 spiro atoms. The van der Waals surface area contributed by atoms with Crippen molar-refractivity contribution in [1.82, 2.24) is 0 Å². The number of nitrogens with one attached hydrogen (secondary N) is 1. The van der Waals surface area contributed by atoms with Gasteiger partial charge in [-0.15, -0.1) is 0 Å². The third-order valence-corrected chi connectivity index (χ3v) is 5.99. The van der Waals surface area contributed by atoms with Gasteiger partial charge in [-0.3, -0.25) is 19.2 Å². The van der Waals surface area contributed by atoms with Crippen LogP contribution in [-0.2, 0) is 14.8 Å². The lowest BCUT2D eigenvalue weighted by Gasteiger charge is -2.28. The lowest BCUT2D eigenvalue weighted by atomic mass is 10.1. The number of benzene rings is 2. The highest BCUT2D eigenvalue weighted by Gasteiger charge is 2.30. The molecule has 0 aromatic heterocycles. The molecule has 2 aromatic carbocycles. The summed E-state index contributed by atoms with van der Waals surface area (Å²) in [5.74, 6) is -0.667.